The molecule has 1 heterocycles. The molecule has 0 saturated carbocycles. The number of ether oxygens (including phenoxy) is 1. The average molecular weight is 355 g/mol. The van der Waals surface area contributed by atoms with Gasteiger partial charge in [0.05, 0.1) is 11.8 Å². The van der Waals surface area contributed by atoms with Crippen LogP contribution in [0.2, 0.25) is 0 Å². The van der Waals surface area contributed by atoms with Gasteiger partial charge in [-0.3, -0.25) is 4.99 Å². The van der Waals surface area contributed by atoms with E-state index in [1.54, 1.807) is 0 Å². The van der Waals surface area contributed by atoms with Crippen LogP contribution in [0.25, 0.3) is 0 Å². The largest absolute Gasteiger partial charge is 0.341 e. The van der Waals surface area contributed by atoms with Gasteiger partial charge in [0.2, 0.25) is 0 Å². The van der Waals surface area contributed by atoms with Crippen LogP contribution in [0, 0.1) is 5.92 Å². The van der Waals surface area contributed by atoms with Gasteiger partial charge in [-0.15, -0.1) is 0 Å². The van der Waals surface area contributed by atoms with E-state index in [0.29, 0.717) is 0 Å². The molecule has 136 valence electrons. The zero-order chi connectivity index (χ0) is 18.7. The summed E-state index contributed by atoms with van der Waals surface area (Å²) >= 11 is 0. The third-order valence-corrected chi connectivity index (χ3v) is 5.41. The Bertz CT molecular complexity index is 905. The van der Waals surface area contributed by atoms with Crippen molar-refractivity contribution >= 4 is 5.71 Å². The maximum absolute atomic E-state index is 6.77. The van der Waals surface area contributed by atoms with Crippen LogP contribution in [-0.2, 0) is 10.5 Å². The fraction of sp³-hybridized carbons (Fsp3) is 0.240. The summed E-state index contributed by atoms with van der Waals surface area (Å²) in [7, 11) is 0. The minimum Gasteiger partial charge on any atom is -0.341 e. The normalized spacial score (nSPS) is 25.0. The van der Waals surface area contributed by atoms with Gasteiger partial charge in [-0.2, -0.15) is 0 Å². The van der Waals surface area contributed by atoms with E-state index in [9.17, 15) is 0 Å². The smallest absolute Gasteiger partial charge is 0.185 e. The molecule has 0 spiro atoms. The molecule has 4 rings (SSSR count). The summed E-state index contributed by atoms with van der Waals surface area (Å²) in [5.74, 6) is 0.165. The first-order valence-electron chi connectivity index (χ1n) is 9.67. The van der Waals surface area contributed by atoms with Crippen molar-refractivity contribution in [3.05, 3.63) is 108 Å². The Balaban J connectivity index is 1.89. The standard InChI is InChI=1S/C25H25NO/c1-3-25(22-17-11-6-12-18-22)26-23(20-13-7-4-8-14-20)19(2)24(27-25)21-15-9-5-10-16-21/h4-19,24H,3H2,1-2H3/t19-,24+,25-/m0/s1. The van der Waals surface area contributed by atoms with Crippen molar-refractivity contribution in [1.29, 1.82) is 0 Å². The van der Waals surface area contributed by atoms with Gasteiger partial charge in [-0.25, -0.2) is 0 Å². The molecular weight excluding hydrogens is 330 g/mol. The maximum atomic E-state index is 6.77. The summed E-state index contributed by atoms with van der Waals surface area (Å²) in [4.78, 5) is 5.22. The lowest BCUT2D eigenvalue weighted by molar-refractivity contribution is -0.120. The second-order valence-electron chi connectivity index (χ2n) is 7.10. The third-order valence-electron chi connectivity index (χ3n) is 5.41. The van der Waals surface area contributed by atoms with Gasteiger partial charge >= 0.3 is 0 Å². The molecule has 1 aliphatic rings. The molecule has 0 amide bonds. The monoisotopic (exact) mass is 355 g/mol. The summed E-state index contributed by atoms with van der Waals surface area (Å²) in [6.45, 7) is 4.37. The Morgan fingerprint density at radius 3 is 1.96 bits per heavy atom. The SMILES string of the molecule is CC[C@]1(c2ccccc2)N=C(c2ccccc2)[C@H](C)[C@H](c2ccccc2)O1. The topological polar surface area (TPSA) is 21.6 Å². The molecule has 2 heteroatoms. The van der Waals surface area contributed by atoms with Gasteiger partial charge in [0.1, 0.15) is 0 Å². The number of nitrogens with zero attached hydrogens (tertiary/aromatic N) is 1. The molecule has 3 aromatic carbocycles. The summed E-state index contributed by atoms with van der Waals surface area (Å²) in [6.07, 6.45) is 0.739. The number of rotatable bonds is 4. The summed E-state index contributed by atoms with van der Waals surface area (Å²) in [5.41, 5.74) is 3.92. The van der Waals surface area contributed by atoms with Gasteiger partial charge in [-0.05, 0) is 17.5 Å². The maximum Gasteiger partial charge on any atom is 0.185 e. The van der Waals surface area contributed by atoms with E-state index in [1.807, 2.05) is 18.2 Å². The lowest BCUT2D eigenvalue weighted by Gasteiger charge is -2.42. The minimum atomic E-state index is -0.667. The number of benzene rings is 3. The van der Waals surface area contributed by atoms with Gasteiger partial charge in [0.15, 0.2) is 5.72 Å². The van der Waals surface area contributed by atoms with Crippen LogP contribution in [-0.4, -0.2) is 5.71 Å². The molecule has 1 aliphatic heterocycles. The molecule has 2 nitrogen and oxygen atoms in total. The minimum absolute atomic E-state index is 0.0425. The first-order valence-corrected chi connectivity index (χ1v) is 9.67. The van der Waals surface area contributed by atoms with E-state index >= 15 is 0 Å². The molecule has 0 aliphatic carbocycles. The highest BCUT2D eigenvalue weighted by molar-refractivity contribution is 6.03. The van der Waals surface area contributed by atoms with Gasteiger partial charge in [0, 0.05) is 11.5 Å². The van der Waals surface area contributed by atoms with Gasteiger partial charge < -0.3 is 4.74 Å². The number of hydrogen-bond acceptors (Lipinski definition) is 2. The third kappa shape index (κ3) is 3.33. The second-order valence-corrected chi connectivity index (χ2v) is 7.10. The van der Waals surface area contributed by atoms with E-state index in [4.69, 9.17) is 9.73 Å². The van der Waals surface area contributed by atoms with Crippen molar-refractivity contribution in [1.82, 2.24) is 0 Å². The molecule has 0 unspecified atom stereocenters. The molecule has 0 fully saturated rings. The Kier molecular flexibility index (Phi) is 4.91. The van der Waals surface area contributed by atoms with Crippen LogP contribution in [0.4, 0.5) is 0 Å². The zero-order valence-electron chi connectivity index (χ0n) is 15.9. The Labute approximate surface area is 161 Å². The fourth-order valence-electron chi connectivity index (χ4n) is 3.91. The van der Waals surface area contributed by atoms with Crippen molar-refractivity contribution < 1.29 is 4.74 Å². The average Bonchev–Trinajstić information content (AvgIpc) is 2.76. The van der Waals surface area contributed by atoms with Crippen LogP contribution < -0.4 is 0 Å². The van der Waals surface area contributed by atoms with Crippen molar-refractivity contribution in [2.45, 2.75) is 32.1 Å². The first-order chi connectivity index (χ1) is 13.2. The van der Waals surface area contributed by atoms with Crippen LogP contribution in [0.5, 0.6) is 0 Å². The predicted octanol–water partition coefficient (Wildman–Crippen LogP) is 6.15. The first kappa shape index (κ1) is 17.7. The Morgan fingerprint density at radius 1 is 0.815 bits per heavy atom. The molecule has 0 radical (unpaired) electrons. The van der Waals surface area contributed by atoms with E-state index in [2.05, 4.69) is 86.6 Å². The summed E-state index contributed by atoms with van der Waals surface area (Å²) < 4.78 is 6.77. The Morgan fingerprint density at radius 2 is 1.37 bits per heavy atom. The molecule has 3 aromatic rings. The van der Waals surface area contributed by atoms with Crippen molar-refractivity contribution in [2.75, 3.05) is 0 Å². The quantitative estimate of drug-likeness (QED) is 0.550. The summed E-state index contributed by atoms with van der Waals surface area (Å²) in [5, 5.41) is 0. The van der Waals surface area contributed by atoms with Crippen LogP contribution in [0.3, 0.4) is 0 Å². The second kappa shape index (κ2) is 7.50. The van der Waals surface area contributed by atoms with Gasteiger partial charge in [-0.1, -0.05) is 105 Å². The lowest BCUT2D eigenvalue weighted by atomic mass is 9.85. The highest BCUT2D eigenvalue weighted by Gasteiger charge is 2.42. The number of hydrogen-bond donors (Lipinski definition) is 0. The zero-order valence-corrected chi connectivity index (χ0v) is 15.9. The molecular formula is C25H25NO. The van der Waals surface area contributed by atoms with E-state index in [1.165, 1.54) is 11.1 Å². The molecule has 0 bridgehead atoms. The van der Waals surface area contributed by atoms with Crippen molar-refractivity contribution in [3.8, 4) is 0 Å². The van der Waals surface area contributed by atoms with Crippen LogP contribution in [0.1, 0.15) is 43.1 Å². The lowest BCUT2D eigenvalue weighted by Crippen LogP contribution is -2.40. The number of aliphatic imine (C=N–C) groups is 1. The van der Waals surface area contributed by atoms with Gasteiger partial charge in [0.25, 0.3) is 0 Å². The highest BCUT2D eigenvalue weighted by atomic mass is 16.5. The summed E-state index contributed by atoms with van der Waals surface area (Å²) in [6, 6.07) is 31.4. The van der Waals surface area contributed by atoms with Crippen LogP contribution in [0.15, 0.2) is 96.0 Å². The van der Waals surface area contributed by atoms with Crippen molar-refractivity contribution in [2.24, 2.45) is 10.9 Å². The fourth-order valence-corrected chi connectivity index (χ4v) is 3.91. The molecule has 0 saturated heterocycles. The van der Waals surface area contributed by atoms with E-state index in [0.717, 1.165) is 17.7 Å². The van der Waals surface area contributed by atoms with Crippen LogP contribution >= 0.6 is 0 Å². The predicted molar refractivity (Wildman–Crippen MR) is 111 cm³/mol. The Hall–Kier alpha value is -2.71. The van der Waals surface area contributed by atoms with E-state index in [-0.39, 0.29) is 12.0 Å². The molecule has 0 aromatic heterocycles. The van der Waals surface area contributed by atoms with Crippen molar-refractivity contribution in [3.63, 3.8) is 0 Å². The molecule has 27 heavy (non-hydrogen) atoms. The molecule has 3 atom stereocenters. The molecule has 0 N–H and O–H groups in total. The van der Waals surface area contributed by atoms with E-state index < -0.39 is 5.72 Å². The highest BCUT2D eigenvalue weighted by Crippen LogP contribution is 2.45.